The van der Waals surface area contributed by atoms with Gasteiger partial charge in [-0.1, -0.05) is 65.8 Å². The summed E-state index contributed by atoms with van der Waals surface area (Å²) >= 11 is 7.80. The smallest absolute Gasteiger partial charge is 0.266 e. The Balaban J connectivity index is 1.93. The molecule has 0 aliphatic heterocycles. The van der Waals surface area contributed by atoms with Gasteiger partial charge in [-0.2, -0.15) is 0 Å². The summed E-state index contributed by atoms with van der Waals surface area (Å²) in [5.41, 5.74) is 3.20. The number of para-hydroxylation sites is 1. The molecule has 0 atom stereocenters. The summed E-state index contributed by atoms with van der Waals surface area (Å²) in [4.78, 5) is 18.2. The number of hydrogen-bond donors (Lipinski definition) is 0. The fourth-order valence-electron chi connectivity index (χ4n) is 3.13. The highest BCUT2D eigenvalue weighted by atomic mass is 35.5. The van der Waals surface area contributed by atoms with Gasteiger partial charge in [-0.05, 0) is 36.2 Å². The molecule has 0 amide bonds. The molecule has 29 heavy (non-hydrogen) atoms. The average molecular weight is 423 g/mol. The molecule has 0 N–H and O–H groups in total. The third kappa shape index (κ3) is 3.88. The summed E-state index contributed by atoms with van der Waals surface area (Å²) in [6.45, 7) is 1.90. The molecule has 0 saturated carbocycles. The maximum Gasteiger partial charge on any atom is 0.266 e. The molecule has 4 nitrogen and oxygen atoms in total. The molecule has 6 heteroatoms. The van der Waals surface area contributed by atoms with Gasteiger partial charge >= 0.3 is 0 Å². The van der Waals surface area contributed by atoms with Crippen molar-refractivity contribution < 1.29 is 4.74 Å². The van der Waals surface area contributed by atoms with Gasteiger partial charge in [0, 0.05) is 16.8 Å². The van der Waals surface area contributed by atoms with Crippen LogP contribution in [0.15, 0.2) is 76.7 Å². The van der Waals surface area contributed by atoms with Crippen molar-refractivity contribution in [1.82, 2.24) is 9.55 Å². The van der Waals surface area contributed by atoms with E-state index >= 15 is 0 Å². The van der Waals surface area contributed by atoms with Crippen molar-refractivity contribution in [3.63, 3.8) is 0 Å². The van der Waals surface area contributed by atoms with Gasteiger partial charge in [-0.25, -0.2) is 4.98 Å². The number of halogens is 1. The van der Waals surface area contributed by atoms with Crippen molar-refractivity contribution in [2.45, 2.75) is 17.8 Å². The number of aryl methyl sites for hydroxylation is 1. The van der Waals surface area contributed by atoms with Crippen LogP contribution in [-0.4, -0.2) is 16.7 Å². The molecule has 0 aliphatic rings. The number of benzene rings is 3. The largest absolute Gasteiger partial charge is 0.495 e. The van der Waals surface area contributed by atoms with E-state index in [1.54, 1.807) is 23.8 Å². The monoisotopic (exact) mass is 422 g/mol. The third-order valence-corrected chi connectivity index (χ3v) is 6.07. The molecule has 3 aromatic carbocycles. The summed E-state index contributed by atoms with van der Waals surface area (Å²) < 4.78 is 7.16. The van der Waals surface area contributed by atoms with E-state index < -0.39 is 0 Å². The minimum atomic E-state index is -0.133. The maximum atomic E-state index is 13.4. The van der Waals surface area contributed by atoms with Crippen molar-refractivity contribution in [2.24, 2.45) is 0 Å². The predicted octanol–water partition coefficient (Wildman–Crippen LogP) is 5.65. The van der Waals surface area contributed by atoms with Crippen LogP contribution in [0.2, 0.25) is 5.02 Å². The second kappa shape index (κ2) is 8.31. The molecule has 1 heterocycles. The van der Waals surface area contributed by atoms with E-state index in [0.29, 0.717) is 38.3 Å². The SMILES string of the molecule is COc1cc(Cl)c(C)cc1-n1c(SCc2ccccc2)nc2ccccc2c1=O. The van der Waals surface area contributed by atoms with E-state index in [9.17, 15) is 4.79 Å². The molecule has 4 aromatic rings. The Bertz CT molecular complexity index is 1240. The summed E-state index contributed by atoms with van der Waals surface area (Å²) in [7, 11) is 1.57. The van der Waals surface area contributed by atoms with Crippen molar-refractivity contribution in [3.05, 3.63) is 93.2 Å². The van der Waals surface area contributed by atoms with Crippen LogP contribution in [0.4, 0.5) is 0 Å². The zero-order valence-electron chi connectivity index (χ0n) is 16.1. The number of fused-ring (bicyclic) bond motifs is 1. The first-order valence-electron chi connectivity index (χ1n) is 9.11. The first-order chi connectivity index (χ1) is 14.1. The van der Waals surface area contributed by atoms with E-state index in [2.05, 4.69) is 12.1 Å². The van der Waals surface area contributed by atoms with Crippen LogP contribution in [0.1, 0.15) is 11.1 Å². The maximum absolute atomic E-state index is 13.4. The molecule has 4 rings (SSSR count). The lowest BCUT2D eigenvalue weighted by molar-refractivity contribution is 0.411. The van der Waals surface area contributed by atoms with E-state index in [4.69, 9.17) is 21.3 Å². The molecule has 1 aromatic heterocycles. The Morgan fingerprint density at radius 2 is 1.79 bits per heavy atom. The van der Waals surface area contributed by atoms with Crippen LogP contribution in [0.25, 0.3) is 16.6 Å². The summed E-state index contributed by atoms with van der Waals surface area (Å²) in [5.74, 6) is 1.22. The van der Waals surface area contributed by atoms with Crippen LogP contribution in [0.3, 0.4) is 0 Å². The third-order valence-electron chi connectivity index (χ3n) is 4.66. The van der Waals surface area contributed by atoms with Crippen LogP contribution in [0, 0.1) is 6.92 Å². The predicted molar refractivity (Wildman–Crippen MR) is 120 cm³/mol. The summed E-state index contributed by atoms with van der Waals surface area (Å²) in [6.07, 6.45) is 0. The summed E-state index contributed by atoms with van der Waals surface area (Å²) in [5, 5.41) is 1.76. The van der Waals surface area contributed by atoms with Crippen LogP contribution >= 0.6 is 23.4 Å². The van der Waals surface area contributed by atoms with E-state index in [1.165, 1.54) is 11.8 Å². The zero-order chi connectivity index (χ0) is 20.4. The first-order valence-corrected chi connectivity index (χ1v) is 10.5. The number of thioether (sulfide) groups is 1. The number of nitrogens with zero attached hydrogens (tertiary/aromatic N) is 2. The lowest BCUT2D eigenvalue weighted by Crippen LogP contribution is -2.22. The Hall–Kier alpha value is -2.76. The van der Waals surface area contributed by atoms with Gasteiger partial charge in [-0.3, -0.25) is 9.36 Å². The van der Waals surface area contributed by atoms with Crippen molar-refractivity contribution in [2.75, 3.05) is 7.11 Å². The molecule has 0 radical (unpaired) electrons. The van der Waals surface area contributed by atoms with Gasteiger partial charge in [0.25, 0.3) is 5.56 Å². The minimum absolute atomic E-state index is 0.133. The molecule has 0 bridgehead atoms. The highest BCUT2D eigenvalue weighted by molar-refractivity contribution is 7.98. The van der Waals surface area contributed by atoms with Gasteiger partial charge in [0.15, 0.2) is 5.16 Å². The number of methoxy groups -OCH3 is 1. The van der Waals surface area contributed by atoms with E-state index in [0.717, 1.165) is 11.1 Å². The first kappa shape index (κ1) is 19.6. The number of rotatable bonds is 5. The average Bonchev–Trinajstić information content (AvgIpc) is 2.75. The second-order valence-electron chi connectivity index (χ2n) is 6.60. The number of hydrogen-bond acceptors (Lipinski definition) is 4. The molecule has 0 fully saturated rings. The fourth-order valence-corrected chi connectivity index (χ4v) is 4.25. The second-order valence-corrected chi connectivity index (χ2v) is 7.95. The highest BCUT2D eigenvalue weighted by Crippen LogP contribution is 2.32. The molecular formula is C23H19ClN2O2S. The van der Waals surface area contributed by atoms with Crippen LogP contribution < -0.4 is 10.3 Å². The molecule has 0 unspecified atom stereocenters. The van der Waals surface area contributed by atoms with Crippen LogP contribution in [0.5, 0.6) is 5.75 Å². The summed E-state index contributed by atoms with van der Waals surface area (Å²) in [6, 6.07) is 21.1. The lowest BCUT2D eigenvalue weighted by Gasteiger charge is -2.17. The number of aromatic nitrogens is 2. The number of ether oxygens (including phenoxy) is 1. The molecule has 0 saturated heterocycles. The van der Waals surface area contributed by atoms with Crippen molar-refractivity contribution in [3.8, 4) is 11.4 Å². The normalized spacial score (nSPS) is 11.0. The zero-order valence-corrected chi connectivity index (χ0v) is 17.6. The van der Waals surface area contributed by atoms with Gasteiger partial charge in [0.2, 0.25) is 0 Å². The highest BCUT2D eigenvalue weighted by Gasteiger charge is 2.18. The lowest BCUT2D eigenvalue weighted by atomic mass is 10.2. The van der Waals surface area contributed by atoms with Crippen molar-refractivity contribution >= 4 is 34.3 Å². The molecule has 0 aliphatic carbocycles. The molecule has 146 valence electrons. The fraction of sp³-hybridized carbons (Fsp3) is 0.130. The van der Waals surface area contributed by atoms with Gasteiger partial charge in [0.05, 0.1) is 23.7 Å². The van der Waals surface area contributed by atoms with Gasteiger partial charge < -0.3 is 4.74 Å². The Morgan fingerprint density at radius 1 is 1.07 bits per heavy atom. The molecule has 0 spiro atoms. The Labute approximate surface area is 178 Å². The minimum Gasteiger partial charge on any atom is -0.495 e. The quantitative estimate of drug-likeness (QED) is 0.308. The van der Waals surface area contributed by atoms with E-state index in [1.807, 2.05) is 49.4 Å². The van der Waals surface area contributed by atoms with Gasteiger partial charge in [0.1, 0.15) is 5.75 Å². The standard InChI is InChI=1S/C23H19ClN2O2S/c1-15-12-20(21(28-2)13-18(15)24)26-22(27)17-10-6-7-11-19(17)25-23(26)29-14-16-8-4-3-5-9-16/h3-13H,14H2,1-2H3. The van der Waals surface area contributed by atoms with Crippen LogP contribution in [-0.2, 0) is 5.75 Å². The molecular weight excluding hydrogens is 404 g/mol. The van der Waals surface area contributed by atoms with E-state index in [-0.39, 0.29) is 5.56 Å². The Kier molecular flexibility index (Phi) is 5.60. The topological polar surface area (TPSA) is 44.1 Å². The van der Waals surface area contributed by atoms with Crippen molar-refractivity contribution in [1.29, 1.82) is 0 Å². The van der Waals surface area contributed by atoms with Gasteiger partial charge in [-0.15, -0.1) is 0 Å². The Morgan fingerprint density at radius 3 is 2.55 bits per heavy atom.